The Labute approximate surface area is 109 Å². The first-order valence-corrected chi connectivity index (χ1v) is 6.77. The molecule has 0 bridgehead atoms. The van der Waals surface area contributed by atoms with Crippen molar-refractivity contribution < 1.29 is 9.90 Å². The number of alkyl halides is 1. The highest BCUT2D eigenvalue weighted by Crippen LogP contribution is 2.08. The van der Waals surface area contributed by atoms with Crippen LogP contribution in [0.15, 0.2) is 24.3 Å². The molecule has 1 rings (SSSR count). The summed E-state index contributed by atoms with van der Waals surface area (Å²) in [5.41, 5.74) is 1.88. The van der Waals surface area contributed by atoms with E-state index in [9.17, 15) is 4.79 Å². The monoisotopic (exact) mass is 333 g/mol. The van der Waals surface area contributed by atoms with Gasteiger partial charge in [-0.1, -0.05) is 34.7 Å². The normalized spacial score (nSPS) is 12.2. The van der Waals surface area contributed by atoms with E-state index >= 15 is 0 Å². The Balaban J connectivity index is 2.46. The number of rotatable bonds is 5. The van der Waals surface area contributed by atoms with Crippen molar-refractivity contribution in [3.8, 4) is 0 Å². The van der Waals surface area contributed by atoms with E-state index in [-0.39, 0.29) is 12.0 Å². The summed E-state index contributed by atoms with van der Waals surface area (Å²) in [4.78, 5) is 11.6. The van der Waals surface area contributed by atoms with Crippen molar-refractivity contribution in [2.24, 2.45) is 0 Å². The molecule has 1 amide bonds. The molecule has 0 heterocycles. The van der Waals surface area contributed by atoms with Crippen LogP contribution in [0.5, 0.6) is 0 Å². The second-order valence-electron chi connectivity index (χ2n) is 3.72. The van der Waals surface area contributed by atoms with Gasteiger partial charge < -0.3 is 10.4 Å². The molecular weight excluding hydrogens is 317 g/mol. The number of carbonyl (C=O) groups is 1. The van der Waals surface area contributed by atoms with Crippen molar-refractivity contribution in [3.05, 3.63) is 35.4 Å². The van der Waals surface area contributed by atoms with Gasteiger partial charge in [0.15, 0.2) is 0 Å². The molecule has 0 aliphatic heterocycles. The summed E-state index contributed by atoms with van der Waals surface area (Å²) in [6.45, 7) is 2.21. The Morgan fingerprint density at radius 1 is 1.44 bits per heavy atom. The van der Waals surface area contributed by atoms with E-state index in [2.05, 4.69) is 27.9 Å². The summed E-state index contributed by atoms with van der Waals surface area (Å²) < 4.78 is 0.946. The van der Waals surface area contributed by atoms with Crippen molar-refractivity contribution in [3.63, 3.8) is 0 Å². The maximum absolute atomic E-state index is 11.6. The quantitative estimate of drug-likeness (QED) is 0.641. The van der Waals surface area contributed by atoms with Crippen molar-refractivity contribution in [2.45, 2.75) is 23.9 Å². The van der Waals surface area contributed by atoms with E-state index in [1.54, 1.807) is 6.92 Å². The number of amides is 1. The molecule has 2 N–H and O–H groups in total. The molecule has 0 aliphatic carbocycles. The standard InChI is InChI=1S/C12H16INO2/c1-9(15)6-7-14-12(16)11-4-2-10(8-13)3-5-11/h2-5,9,15H,6-8H2,1H3,(H,14,16). The number of benzene rings is 1. The summed E-state index contributed by atoms with van der Waals surface area (Å²) in [5.74, 6) is -0.0827. The molecule has 0 saturated carbocycles. The predicted molar refractivity (Wildman–Crippen MR) is 72.8 cm³/mol. The fourth-order valence-corrected chi connectivity index (χ4v) is 1.75. The van der Waals surface area contributed by atoms with Crippen molar-refractivity contribution in [2.75, 3.05) is 6.54 Å². The first-order valence-electron chi connectivity index (χ1n) is 5.24. The second-order valence-corrected chi connectivity index (χ2v) is 4.49. The van der Waals surface area contributed by atoms with Gasteiger partial charge in [0.25, 0.3) is 5.91 Å². The molecule has 3 nitrogen and oxygen atoms in total. The van der Waals surface area contributed by atoms with Crippen LogP contribution < -0.4 is 5.32 Å². The van der Waals surface area contributed by atoms with Gasteiger partial charge in [0.05, 0.1) is 6.10 Å². The van der Waals surface area contributed by atoms with Crippen LogP contribution in [0.25, 0.3) is 0 Å². The highest BCUT2D eigenvalue weighted by atomic mass is 127. The number of hydrogen-bond acceptors (Lipinski definition) is 2. The summed E-state index contributed by atoms with van der Waals surface area (Å²) in [6, 6.07) is 7.56. The van der Waals surface area contributed by atoms with Crippen molar-refractivity contribution >= 4 is 28.5 Å². The molecular formula is C12H16INO2. The average Bonchev–Trinajstić information content (AvgIpc) is 2.28. The van der Waals surface area contributed by atoms with E-state index in [0.29, 0.717) is 18.5 Å². The zero-order valence-electron chi connectivity index (χ0n) is 9.24. The van der Waals surface area contributed by atoms with Crippen molar-refractivity contribution in [1.82, 2.24) is 5.32 Å². The lowest BCUT2D eigenvalue weighted by atomic mass is 10.1. The van der Waals surface area contributed by atoms with Crippen LogP contribution in [0.2, 0.25) is 0 Å². The molecule has 1 atom stereocenters. The molecule has 0 spiro atoms. The molecule has 4 heteroatoms. The third kappa shape index (κ3) is 4.49. The Morgan fingerprint density at radius 3 is 2.56 bits per heavy atom. The van der Waals surface area contributed by atoms with Gasteiger partial charge >= 0.3 is 0 Å². The number of aliphatic hydroxyl groups excluding tert-OH is 1. The maximum atomic E-state index is 11.6. The smallest absolute Gasteiger partial charge is 0.251 e. The second kappa shape index (κ2) is 6.85. The first-order chi connectivity index (χ1) is 7.63. The highest BCUT2D eigenvalue weighted by molar-refractivity contribution is 14.1. The summed E-state index contributed by atoms with van der Waals surface area (Å²) >= 11 is 2.28. The zero-order valence-corrected chi connectivity index (χ0v) is 11.4. The largest absolute Gasteiger partial charge is 0.393 e. The minimum Gasteiger partial charge on any atom is -0.393 e. The van der Waals surface area contributed by atoms with Crippen LogP contribution in [0.1, 0.15) is 29.3 Å². The summed E-state index contributed by atoms with van der Waals surface area (Å²) in [6.07, 6.45) is 0.207. The lowest BCUT2D eigenvalue weighted by Gasteiger charge is -2.07. The average molecular weight is 333 g/mol. The number of nitrogens with one attached hydrogen (secondary N) is 1. The maximum Gasteiger partial charge on any atom is 0.251 e. The van der Waals surface area contributed by atoms with E-state index in [1.807, 2.05) is 24.3 Å². The van der Waals surface area contributed by atoms with Crippen LogP contribution in [0.3, 0.4) is 0 Å². The Morgan fingerprint density at radius 2 is 2.06 bits per heavy atom. The van der Waals surface area contributed by atoms with Gasteiger partial charge in [-0.15, -0.1) is 0 Å². The lowest BCUT2D eigenvalue weighted by Crippen LogP contribution is -2.26. The van der Waals surface area contributed by atoms with Crippen LogP contribution in [0.4, 0.5) is 0 Å². The minimum absolute atomic E-state index is 0.0827. The Hall–Kier alpha value is -0.620. The number of carbonyl (C=O) groups excluding carboxylic acids is 1. The summed E-state index contributed by atoms with van der Waals surface area (Å²) in [5, 5.41) is 11.8. The van der Waals surface area contributed by atoms with Crippen LogP contribution in [-0.2, 0) is 4.43 Å². The van der Waals surface area contributed by atoms with Gasteiger partial charge in [-0.25, -0.2) is 0 Å². The number of hydrogen-bond donors (Lipinski definition) is 2. The van der Waals surface area contributed by atoms with E-state index in [4.69, 9.17) is 5.11 Å². The minimum atomic E-state index is -0.373. The number of aliphatic hydroxyl groups is 1. The van der Waals surface area contributed by atoms with E-state index in [0.717, 1.165) is 4.43 Å². The van der Waals surface area contributed by atoms with Crippen LogP contribution in [0, 0.1) is 0 Å². The molecule has 1 aromatic carbocycles. The van der Waals surface area contributed by atoms with Gasteiger partial charge in [0.1, 0.15) is 0 Å². The first kappa shape index (κ1) is 13.4. The van der Waals surface area contributed by atoms with E-state index in [1.165, 1.54) is 5.56 Å². The molecule has 1 aromatic rings. The van der Waals surface area contributed by atoms with Gasteiger partial charge in [0, 0.05) is 16.5 Å². The zero-order chi connectivity index (χ0) is 12.0. The van der Waals surface area contributed by atoms with Crippen LogP contribution >= 0.6 is 22.6 Å². The van der Waals surface area contributed by atoms with Crippen molar-refractivity contribution in [1.29, 1.82) is 0 Å². The van der Waals surface area contributed by atoms with Gasteiger partial charge in [0.2, 0.25) is 0 Å². The molecule has 16 heavy (non-hydrogen) atoms. The van der Waals surface area contributed by atoms with Gasteiger partial charge in [-0.3, -0.25) is 4.79 Å². The molecule has 1 unspecified atom stereocenters. The molecule has 0 radical (unpaired) electrons. The fourth-order valence-electron chi connectivity index (χ4n) is 1.24. The molecule has 0 fully saturated rings. The van der Waals surface area contributed by atoms with Gasteiger partial charge in [-0.2, -0.15) is 0 Å². The molecule has 0 saturated heterocycles. The number of halogens is 1. The third-order valence-corrected chi connectivity index (χ3v) is 3.10. The van der Waals surface area contributed by atoms with Crippen LogP contribution in [-0.4, -0.2) is 23.7 Å². The third-order valence-electron chi connectivity index (χ3n) is 2.22. The fraction of sp³-hybridized carbons (Fsp3) is 0.417. The topological polar surface area (TPSA) is 49.3 Å². The predicted octanol–water partition coefficient (Wildman–Crippen LogP) is 2.12. The Bertz CT molecular complexity index is 335. The summed E-state index contributed by atoms with van der Waals surface area (Å²) in [7, 11) is 0. The lowest BCUT2D eigenvalue weighted by molar-refractivity contribution is 0.0945. The molecule has 0 aliphatic rings. The Kier molecular flexibility index (Phi) is 5.76. The van der Waals surface area contributed by atoms with E-state index < -0.39 is 0 Å². The molecule has 0 aromatic heterocycles. The van der Waals surface area contributed by atoms with Gasteiger partial charge in [-0.05, 0) is 31.0 Å². The molecule has 88 valence electrons. The SMILES string of the molecule is CC(O)CCNC(=O)c1ccc(CI)cc1. The highest BCUT2D eigenvalue weighted by Gasteiger charge is 2.04.